The Morgan fingerprint density at radius 2 is 2.00 bits per heavy atom. The highest BCUT2D eigenvalue weighted by molar-refractivity contribution is 5.69. The summed E-state index contributed by atoms with van der Waals surface area (Å²) in [5.41, 5.74) is 2.95. The topological polar surface area (TPSA) is 75.8 Å². The van der Waals surface area contributed by atoms with E-state index in [1.807, 2.05) is 42.2 Å². The van der Waals surface area contributed by atoms with Crippen molar-refractivity contribution in [2.75, 3.05) is 19.8 Å². The summed E-state index contributed by atoms with van der Waals surface area (Å²) in [6, 6.07) is 10.2. The van der Waals surface area contributed by atoms with E-state index in [1.165, 1.54) is 5.56 Å². The maximum Gasteiger partial charge on any atom is 0.317 e. The standard InChI is InChI=1S/C18H22N2O4/c1-13-2-4-14(5-3-13)17-10-16(24-19-17)11-20(12-18(21)22)15-6-8-23-9-7-15/h2-5,10,15H,6-9,11-12H2,1H3,(H,21,22). The molecular weight excluding hydrogens is 308 g/mol. The molecule has 0 spiro atoms. The van der Waals surface area contributed by atoms with E-state index in [1.54, 1.807) is 0 Å². The molecule has 0 amide bonds. The molecule has 1 N–H and O–H groups in total. The summed E-state index contributed by atoms with van der Waals surface area (Å²) in [7, 11) is 0. The minimum atomic E-state index is -0.834. The quantitative estimate of drug-likeness (QED) is 0.878. The van der Waals surface area contributed by atoms with Gasteiger partial charge in [0.1, 0.15) is 5.69 Å². The lowest BCUT2D eigenvalue weighted by atomic mass is 10.1. The maximum absolute atomic E-state index is 11.2. The zero-order valence-electron chi connectivity index (χ0n) is 13.8. The molecule has 6 heteroatoms. The Balaban J connectivity index is 1.72. The molecule has 0 bridgehead atoms. The van der Waals surface area contributed by atoms with Gasteiger partial charge in [-0.15, -0.1) is 0 Å². The summed E-state index contributed by atoms with van der Waals surface area (Å²) in [5, 5.41) is 13.3. The van der Waals surface area contributed by atoms with Crippen LogP contribution in [-0.4, -0.2) is 46.9 Å². The molecule has 1 aromatic carbocycles. The SMILES string of the molecule is Cc1ccc(-c2cc(CN(CC(=O)O)C3CCOCC3)on2)cc1. The molecule has 0 aliphatic carbocycles. The van der Waals surface area contributed by atoms with Crippen molar-refractivity contribution in [1.82, 2.24) is 10.1 Å². The number of carbonyl (C=O) groups is 1. The average Bonchev–Trinajstić information content (AvgIpc) is 3.04. The van der Waals surface area contributed by atoms with Gasteiger partial charge in [-0.2, -0.15) is 0 Å². The highest BCUT2D eigenvalue weighted by Gasteiger charge is 2.24. The molecule has 2 aromatic rings. The molecule has 1 aliphatic rings. The molecule has 1 saturated heterocycles. The summed E-state index contributed by atoms with van der Waals surface area (Å²) in [6.07, 6.45) is 1.68. The molecule has 1 aliphatic heterocycles. The predicted molar refractivity (Wildman–Crippen MR) is 88.6 cm³/mol. The van der Waals surface area contributed by atoms with Crippen LogP contribution in [0.2, 0.25) is 0 Å². The monoisotopic (exact) mass is 330 g/mol. The van der Waals surface area contributed by atoms with Crippen LogP contribution in [-0.2, 0) is 16.1 Å². The van der Waals surface area contributed by atoms with Crippen LogP contribution < -0.4 is 0 Å². The Kier molecular flexibility index (Phi) is 5.27. The summed E-state index contributed by atoms with van der Waals surface area (Å²) in [5.74, 6) is -0.155. The van der Waals surface area contributed by atoms with Crippen molar-refractivity contribution >= 4 is 5.97 Å². The van der Waals surface area contributed by atoms with Crippen molar-refractivity contribution in [3.8, 4) is 11.3 Å². The number of aryl methyl sites for hydroxylation is 1. The lowest BCUT2D eigenvalue weighted by Crippen LogP contribution is -2.41. The second-order valence-electron chi connectivity index (χ2n) is 6.19. The maximum atomic E-state index is 11.2. The Morgan fingerprint density at radius 1 is 1.29 bits per heavy atom. The average molecular weight is 330 g/mol. The van der Waals surface area contributed by atoms with Crippen molar-refractivity contribution in [1.29, 1.82) is 0 Å². The van der Waals surface area contributed by atoms with E-state index < -0.39 is 5.97 Å². The van der Waals surface area contributed by atoms with E-state index in [9.17, 15) is 9.90 Å². The first-order valence-corrected chi connectivity index (χ1v) is 8.18. The molecule has 1 aromatic heterocycles. The van der Waals surface area contributed by atoms with E-state index in [4.69, 9.17) is 9.26 Å². The van der Waals surface area contributed by atoms with Crippen molar-refractivity contribution in [2.24, 2.45) is 0 Å². The summed E-state index contributed by atoms with van der Waals surface area (Å²) >= 11 is 0. The second kappa shape index (κ2) is 7.59. The van der Waals surface area contributed by atoms with Gasteiger partial charge in [0.2, 0.25) is 0 Å². The molecule has 3 rings (SSSR count). The fourth-order valence-electron chi connectivity index (χ4n) is 2.99. The van der Waals surface area contributed by atoms with Crippen LogP contribution in [0, 0.1) is 6.92 Å². The lowest BCUT2D eigenvalue weighted by molar-refractivity contribution is -0.139. The van der Waals surface area contributed by atoms with Crippen LogP contribution >= 0.6 is 0 Å². The van der Waals surface area contributed by atoms with Gasteiger partial charge in [-0.1, -0.05) is 35.0 Å². The normalized spacial score (nSPS) is 15.8. The number of carboxylic acids is 1. The van der Waals surface area contributed by atoms with Gasteiger partial charge in [-0.05, 0) is 19.8 Å². The molecule has 6 nitrogen and oxygen atoms in total. The third-order valence-corrected chi connectivity index (χ3v) is 4.31. The van der Waals surface area contributed by atoms with Gasteiger partial charge in [0.25, 0.3) is 0 Å². The van der Waals surface area contributed by atoms with E-state index >= 15 is 0 Å². The fourth-order valence-corrected chi connectivity index (χ4v) is 2.99. The molecule has 0 saturated carbocycles. The number of aliphatic carboxylic acids is 1. The largest absolute Gasteiger partial charge is 0.480 e. The van der Waals surface area contributed by atoms with Crippen LogP contribution in [0.5, 0.6) is 0 Å². The Labute approximate surface area is 141 Å². The van der Waals surface area contributed by atoms with Crippen molar-refractivity contribution in [3.05, 3.63) is 41.7 Å². The molecule has 0 unspecified atom stereocenters. The van der Waals surface area contributed by atoms with Gasteiger partial charge in [0.05, 0.1) is 13.1 Å². The van der Waals surface area contributed by atoms with Gasteiger partial charge < -0.3 is 14.4 Å². The van der Waals surface area contributed by atoms with Crippen molar-refractivity contribution in [3.63, 3.8) is 0 Å². The number of hydrogen-bond acceptors (Lipinski definition) is 5. The number of nitrogens with zero attached hydrogens (tertiary/aromatic N) is 2. The number of rotatable bonds is 6. The molecule has 24 heavy (non-hydrogen) atoms. The van der Waals surface area contributed by atoms with E-state index in [0.29, 0.717) is 25.5 Å². The summed E-state index contributed by atoms with van der Waals surface area (Å²) in [4.78, 5) is 13.1. The molecular formula is C18H22N2O4. The van der Waals surface area contributed by atoms with Gasteiger partial charge in [0.15, 0.2) is 5.76 Å². The van der Waals surface area contributed by atoms with E-state index in [2.05, 4.69) is 5.16 Å². The van der Waals surface area contributed by atoms with Crippen LogP contribution in [0.15, 0.2) is 34.9 Å². The van der Waals surface area contributed by atoms with E-state index in [0.717, 1.165) is 24.1 Å². The Bertz CT molecular complexity index is 675. The molecule has 0 radical (unpaired) electrons. The van der Waals surface area contributed by atoms with Crippen molar-refractivity contribution in [2.45, 2.75) is 32.4 Å². The first kappa shape index (κ1) is 16.7. The zero-order chi connectivity index (χ0) is 16.9. The Morgan fingerprint density at radius 3 is 2.67 bits per heavy atom. The van der Waals surface area contributed by atoms with Crippen LogP contribution in [0.25, 0.3) is 11.3 Å². The first-order chi connectivity index (χ1) is 11.6. The van der Waals surface area contributed by atoms with Crippen LogP contribution in [0.1, 0.15) is 24.2 Å². The third kappa shape index (κ3) is 4.21. The minimum absolute atomic E-state index is 0.00870. The van der Waals surface area contributed by atoms with Gasteiger partial charge in [-0.3, -0.25) is 9.69 Å². The highest BCUT2D eigenvalue weighted by Crippen LogP contribution is 2.22. The smallest absolute Gasteiger partial charge is 0.317 e. The fraction of sp³-hybridized carbons (Fsp3) is 0.444. The number of aromatic nitrogens is 1. The van der Waals surface area contributed by atoms with E-state index in [-0.39, 0.29) is 12.6 Å². The van der Waals surface area contributed by atoms with Gasteiger partial charge in [-0.25, -0.2) is 0 Å². The lowest BCUT2D eigenvalue weighted by Gasteiger charge is -2.32. The third-order valence-electron chi connectivity index (χ3n) is 4.31. The number of benzene rings is 1. The Hall–Kier alpha value is -2.18. The highest BCUT2D eigenvalue weighted by atomic mass is 16.5. The number of hydrogen-bond donors (Lipinski definition) is 1. The molecule has 0 atom stereocenters. The molecule has 2 heterocycles. The van der Waals surface area contributed by atoms with Crippen molar-refractivity contribution < 1.29 is 19.2 Å². The second-order valence-corrected chi connectivity index (χ2v) is 6.19. The number of ether oxygens (including phenoxy) is 1. The van der Waals surface area contributed by atoms with Gasteiger partial charge in [0, 0.05) is 30.9 Å². The summed E-state index contributed by atoms with van der Waals surface area (Å²) < 4.78 is 10.8. The first-order valence-electron chi connectivity index (χ1n) is 8.18. The summed E-state index contributed by atoms with van der Waals surface area (Å²) in [6.45, 7) is 3.81. The number of carboxylic acid groups (broad SMARTS) is 1. The molecule has 1 fully saturated rings. The van der Waals surface area contributed by atoms with Gasteiger partial charge >= 0.3 is 5.97 Å². The minimum Gasteiger partial charge on any atom is -0.480 e. The predicted octanol–water partition coefficient (Wildman–Crippen LogP) is 2.72. The van der Waals surface area contributed by atoms with Crippen LogP contribution in [0.3, 0.4) is 0 Å². The zero-order valence-corrected chi connectivity index (χ0v) is 13.8. The molecule has 128 valence electrons. The van der Waals surface area contributed by atoms with Crippen LogP contribution in [0.4, 0.5) is 0 Å².